The second kappa shape index (κ2) is 7.68. The van der Waals surface area contributed by atoms with Crippen LogP contribution in [0.25, 0.3) is 0 Å². The van der Waals surface area contributed by atoms with E-state index >= 15 is 0 Å². The van der Waals surface area contributed by atoms with Crippen LogP contribution in [0.15, 0.2) is 53.4 Å². The number of anilines is 1. The van der Waals surface area contributed by atoms with Crippen molar-refractivity contribution >= 4 is 28.9 Å². The van der Waals surface area contributed by atoms with Gasteiger partial charge in [0.25, 0.3) is 11.4 Å². The van der Waals surface area contributed by atoms with Gasteiger partial charge in [-0.3, -0.25) is 14.9 Å². The van der Waals surface area contributed by atoms with Gasteiger partial charge in [-0.25, -0.2) is 0 Å². The lowest BCUT2D eigenvalue weighted by atomic mass is 10.1. The lowest BCUT2D eigenvalue weighted by Gasteiger charge is -2.07. The molecule has 0 spiro atoms. The third-order valence-electron chi connectivity index (χ3n) is 2.91. The smallest absolute Gasteiger partial charge is 0.288 e. The Morgan fingerprint density at radius 2 is 1.91 bits per heavy atom. The fraction of sp³-hybridized carbons (Fsp3) is 0.133. The third kappa shape index (κ3) is 5.03. The molecule has 5 nitrogen and oxygen atoms in total. The zero-order valence-corrected chi connectivity index (χ0v) is 12.6. The SMILES string of the molecule is O=C(CNc1ccc(SC(F)F)cc1)c1cccc([N+](=O)[O-])c1. The molecule has 0 fully saturated rings. The first-order chi connectivity index (χ1) is 11.0. The number of hydrogen-bond donors (Lipinski definition) is 1. The largest absolute Gasteiger partial charge is 0.378 e. The Morgan fingerprint density at radius 1 is 1.22 bits per heavy atom. The topological polar surface area (TPSA) is 72.2 Å². The summed E-state index contributed by atoms with van der Waals surface area (Å²) in [5.74, 6) is -2.79. The number of nitrogens with zero attached hydrogens (tertiary/aromatic N) is 1. The van der Waals surface area contributed by atoms with Crippen LogP contribution < -0.4 is 5.32 Å². The molecule has 0 saturated heterocycles. The highest BCUT2D eigenvalue weighted by atomic mass is 32.2. The summed E-state index contributed by atoms with van der Waals surface area (Å²) in [5, 5.41) is 13.5. The van der Waals surface area contributed by atoms with Gasteiger partial charge in [-0.15, -0.1) is 0 Å². The number of halogens is 2. The van der Waals surface area contributed by atoms with E-state index in [1.165, 1.54) is 36.4 Å². The van der Waals surface area contributed by atoms with Crippen LogP contribution in [0, 0.1) is 10.1 Å². The van der Waals surface area contributed by atoms with Crippen molar-refractivity contribution < 1.29 is 18.5 Å². The molecule has 2 aromatic carbocycles. The number of Topliss-reactive ketones (excluding diaryl/α,β-unsaturated/α-hetero) is 1. The number of nitro benzene ring substituents is 1. The van der Waals surface area contributed by atoms with Gasteiger partial charge in [-0.05, 0) is 24.3 Å². The van der Waals surface area contributed by atoms with Crippen LogP contribution in [0.4, 0.5) is 20.2 Å². The second-order valence-corrected chi connectivity index (χ2v) is 5.55. The van der Waals surface area contributed by atoms with E-state index in [0.29, 0.717) is 22.3 Å². The van der Waals surface area contributed by atoms with Crippen LogP contribution in [0.1, 0.15) is 10.4 Å². The van der Waals surface area contributed by atoms with E-state index in [1.807, 2.05) is 0 Å². The monoisotopic (exact) mass is 338 g/mol. The van der Waals surface area contributed by atoms with Gasteiger partial charge >= 0.3 is 0 Å². The van der Waals surface area contributed by atoms with Crippen LogP contribution in [0.5, 0.6) is 0 Å². The van der Waals surface area contributed by atoms with Gasteiger partial charge in [-0.1, -0.05) is 23.9 Å². The summed E-state index contributed by atoms with van der Waals surface area (Å²) < 4.78 is 24.4. The maximum absolute atomic E-state index is 12.2. The average Bonchev–Trinajstić information content (AvgIpc) is 2.53. The molecular formula is C15H12F2N2O3S. The fourth-order valence-electron chi connectivity index (χ4n) is 1.83. The summed E-state index contributed by atoms with van der Waals surface area (Å²) in [6.07, 6.45) is 0. The van der Waals surface area contributed by atoms with Crippen LogP contribution in [0.2, 0.25) is 0 Å². The molecule has 8 heteroatoms. The highest BCUT2D eigenvalue weighted by molar-refractivity contribution is 7.99. The molecule has 2 rings (SSSR count). The maximum atomic E-state index is 12.2. The Kier molecular flexibility index (Phi) is 5.64. The highest BCUT2D eigenvalue weighted by Gasteiger charge is 2.11. The number of hydrogen-bond acceptors (Lipinski definition) is 5. The van der Waals surface area contributed by atoms with Gasteiger partial charge in [0, 0.05) is 28.3 Å². The lowest BCUT2D eigenvalue weighted by molar-refractivity contribution is -0.384. The normalized spacial score (nSPS) is 10.6. The first-order valence-corrected chi connectivity index (χ1v) is 7.40. The molecule has 0 aliphatic rings. The number of rotatable bonds is 7. The van der Waals surface area contributed by atoms with Gasteiger partial charge in [0.05, 0.1) is 11.5 Å². The van der Waals surface area contributed by atoms with Crippen molar-refractivity contribution in [2.75, 3.05) is 11.9 Å². The summed E-state index contributed by atoms with van der Waals surface area (Å²) in [6.45, 7) is -0.0531. The molecule has 0 aromatic heterocycles. The number of benzene rings is 2. The molecular weight excluding hydrogens is 326 g/mol. The Balaban J connectivity index is 1.96. The molecule has 0 amide bonds. The van der Waals surface area contributed by atoms with E-state index in [1.54, 1.807) is 12.1 Å². The van der Waals surface area contributed by atoms with Crippen LogP contribution in [0.3, 0.4) is 0 Å². The predicted octanol–water partition coefficient (Wildman–Crippen LogP) is 4.20. The molecule has 0 saturated carbocycles. The minimum Gasteiger partial charge on any atom is -0.378 e. The number of nitrogens with one attached hydrogen (secondary N) is 1. The minimum absolute atomic E-state index is 0.0531. The number of nitro groups is 1. The Bertz CT molecular complexity index is 708. The number of carbonyl (C=O) groups excluding carboxylic acids is 1. The highest BCUT2D eigenvalue weighted by Crippen LogP contribution is 2.26. The van der Waals surface area contributed by atoms with Crippen molar-refractivity contribution in [2.24, 2.45) is 0 Å². The van der Waals surface area contributed by atoms with Crippen molar-refractivity contribution in [3.8, 4) is 0 Å². The summed E-state index contributed by atoms with van der Waals surface area (Å²) >= 11 is 0.441. The van der Waals surface area contributed by atoms with E-state index in [4.69, 9.17) is 0 Å². The fourth-order valence-corrected chi connectivity index (χ4v) is 2.33. The van der Waals surface area contributed by atoms with Crippen molar-refractivity contribution in [3.05, 3.63) is 64.2 Å². The minimum atomic E-state index is -2.48. The Labute approximate surface area is 134 Å². The van der Waals surface area contributed by atoms with E-state index < -0.39 is 10.7 Å². The Hall–Kier alpha value is -2.48. The van der Waals surface area contributed by atoms with E-state index in [0.717, 1.165) is 0 Å². The summed E-state index contributed by atoms with van der Waals surface area (Å²) in [7, 11) is 0. The molecule has 0 bridgehead atoms. The first-order valence-electron chi connectivity index (χ1n) is 6.52. The molecule has 0 unspecified atom stereocenters. The third-order valence-corrected chi connectivity index (χ3v) is 3.63. The molecule has 0 radical (unpaired) electrons. The van der Waals surface area contributed by atoms with E-state index in [-0.39, 0.29) is 23.6 Å². The summed E-state index contributed by atoms with van der Waals surface area (Å²) in [5.41, 5.74) is 0.684. The van der Waals surface area contributed by atoms with Crippen LogP contribution in [-0.2, 0) is 0 Å². The molecule has 0 aliphatic heterocycles. The predicted molar refractivity (Wildman–Crippen MR) is 84.2 cm³/mol. The van der Waals surface area contributed by atoms with Crippen LogP contribution >= 0.6 is 11.8 Å². The molecule has 0 heterocycles. The quantitative estimate of drug-likeness (QED) is 0.354. The van der Waals surface area contributed by atoms with Crippen molar-refractivity contribution in [3.63, 3.8) is 0 Å². The molecule has 2 aromatic rings. The van der Waals surface area contributed by atoms with Crippen molar-refractivity contribution in [1.29, 1.82) is 0 Å². The lowest BCUT2D eigenvalue weighted by Crippen LogP contribution is -2.14. The second-order valence-electron chi connectivity index (χ2n) is 4.49. The number of carbonyl (C=O) groups is 1. The summed E-state index contributed by atoms with van der Waals surface area (Å²) in [4.78, 5) is 22.6. The number of non-ortho nitro benzene ring substituents is 1. The average molecular weight is 338 g/mol. The standard InChI is InChI=1S/C15H12F2N2O3S/c16-15(17)23-13-6-4-11(5-7-13)18-9-14(20)10-2-1-3-12(8-10)19(21)22/h1-8,15,18H,9H2. The van der Waals surface area contributed by atoms with Crippen molar-refractivity contribution in [2.45, 2.75) is 10.7 Å². The number of ketones is 1. The Morgan fingerprint density at radius 3 is 2.52 bits per heavy atom. The molecule has 23 heavy (non-hydrogen) atoms. The zero-order valence-electron chi connectivity index (χ0n) is 11.7. The maximum Gasteiger partial charge on any atom is 0.288 e. The van der Waals surface area contributed by atoms with Crippen LogP contribution in [-0.4, -0.2) is 23.0 Å². The molecule has 0 aliphatic carbocycles. The van der Waals surface area contributed by atoms with Gasteiger partial charge in [0.1, 0.15) is 0 Å². The van der Waals surface area contributed by atoms with E-state index in [2.05, 4.69) is 5.32 Å². The summed E-state index contributed by atoms with van der Waals surface area (Å²) in [6, 6.07) is 11.7. The first kappa shape index (κ1) is 16.9. The number of alkyl halides is 2. The molecule has 0 atom stereocenters. The van der Waals surface area contributed by atoms with Gasteiger partial charge in [0.15, 0.2) is 5.78 Å². The number of thioether (sulfide) groups is 1. The van der Waals surface area contributed by atoms with Gasteiger partial charge in [-0.2, -0.15) is 8.78 Å². The molecule has 120 valence electrons. The van der Waals surface area contributed by atoms with Gasteiger partial charge in [0.2, 0.25) is 0 Å². The van der Waals surface area contributed by atoms with E-state index in [9.17, 15) is 23.7 Å². The van der Waals surface area contributed by atoms with Crippen molar-refractivity contribution in [1.82, 2.24) is 0 Å². The zero-order chi connectivity index (χ0) is 16.8. The van der Waals surface area contributed by atoms with Gasteiger partial charge < -0.3 is 5.32 Å². The molecule has 1 N–H and O–H groups in total.